The van der Waals surface area contributed by atoms with Crippen molar-refractivity contribution in [2.45, 2.75) is 19.0 Å². The van der Waals surface area contributed by atoms with Crippen LogP contribution in [0.2, 0.25) is 0 Å². The van der Waals surface area contributed by atoms with E-state index >= 15 is 0 Å². The van der Waals surface area contributed by atoms with E-state index in [4.69, 9.17) is 0 Å². The number of aromatic nitrogens is 2. The van der Waals surface area contributed by atoms with Crippen LogP contribution in [0.3, 0.4) is 0 Å². The van der Waals surface area contributed by atoms with Crippen LogP contribution in [-0.4, -0.2) is 34.9 Å². The van der Waals surface area contributed by atoms with E-state index in [1.54, 1.807) is 6.21 Å². The molecule has 0 radical (unpaired) electrons. The average Bonchev–Trinajstić information content (AvgIpc) is 2.75. The molecule has 0 aliphatic carbocycles. The molecule has 1 N–H and O–H groups in total. The Morgan fingerprint density at radius 2 is 2.18 bits per heavy atom. The Kier molecular flexibility index (Phi) is 2.36. The lowest BCUT2D eigenvalue weighted by Gasteiger charge is -2.23. The monoisotopic (exact) mass is 233 g/mol. The van der Waals surface area contributed by atoms with Crippen molar-refractivity contribution in [2.75, 3.05) is 11.6 Å². The summed E-state index contributed by atoms with van der Waals surface area (Å²) in [4.78, 5) is 14.2. The van der Waals surface area contributed by atoms with Crippen LogP contribution >= 0.6 is 0 Å². The van der Waals surface area contributed by atoms with Gasteiger partial charge in [0.25, 0.3) is 0 Å². The van der Waals surface area contributed by atoms with E-state index in [0.29, 0.717) is 12.6 Å². The molecule has 1 fully saturated rings. The van der Waals surface area contributed by atoms with Crippen molar-refractivity contribution in [3.8, 4) is 0 Å². The minimum atomic E-state index is -0.426. The molecule has 0 amide bonds. The van der Waals surface area contributed by atoms with Crippen LogP contribution in [0.1, 0.15) is 6.92 Å². The summed E-state index contributed by atoms with van der Waals surface area (Å²) in [5.74, 6) is 0.0835. The molecular weight excluding hydrogens is 221 g/mol. The van der Waals surface area contributed by atoms with Crippen LogP contribution in [0.5, 0.6) is 0 Å². The van der Waals surface area contributed by atoms with Crippen molar-refractivity contribution in [1.29, 1.82) is 0 Å². The molecule has 2 atom stereocenters. The van der Waals surface area contributed by atoms with Crippen molar-refractivity contribution < 1.29 is 4.39 Å². The number of rotatable bonds is 1. The molecule has 2 aliphatic heterocycles. The number of nitrogens with zero attached hydrogens (tertiary/aromatic N) is 4. The molecule has 17 heavy (non-hydrogen) atoms. The van der Waals surface area contributed by atoms with Gasteiger partial charge in [-0.2, -0.15) is 0 Å². The topological polar surface area (TPSA) is 53.4 Å². The number of hydrogen-bond donors (Lipinski definition) is 1. The van der Waals surface area contributed by atoms with Crippen LogP contribution in [0, 0.1) is 5.82 Å². The predicted octanol–water partition coefficient (Wildman–Crippen LogP) is 0.708. The van der Waals surface area contributed by atoms with Gasteiger partial charge in [0.1, 0.15) is 0 Å². The third-order valence-electron chi connectivity index (χ3n) is 3.00. The molecule has 6 heteroatoms. The third-order valence-corrected chi connectivity index (χ3v) is 3.00. The van der Waals surface area contributed by atoms with Crippen LogP contribution in [0.25, 0.3) is 0 Å². The van der Waals surface area contributed by atoms with Crippen molar-refractivity contribution in [3.63, 3.8) is 0 Å². The van der Waals surface area contributed by atoms with E-state index in [-0.39, 0.29) is 12.1 Å². The number of fused-ring (bicyclic) bond motifs is 1. The second kappa shape index (κ2) is 3.89. The fourth-order valence-electron chi connectivity index (χ4n) is 2.14. The van der Waals surface area contributed by atoms with Gasteiger partial charge < -0.3 is 0 Å². The summed E-state index contributed by atoms with van der Waals surface area (Å²) in [6.07, 6.45) is 6.09. The SMILES string of the molecule is CC1N=CC=C2C1NCN2c1ncc(F)cn1. The highest BCUT2D eigenvalue weighted by atomic mass is 19.1. The number of hydrogen-bond acceptors (Lipinski definition) is 5. The summed E-state index contributed by atoms with van der Waals surface area (Å²) in [5, 5.41) is 3.34. The lowest BCUT2D eigenvalue weighted by molar-refractivity contribution is 0.563. The van der Waals surface area contributed by atoms with Crippen molar-refractivity contribution in [2.24, 2.45) is 4.99 Å². The molecular formula is C11H12FN5. The third kappa shape index (κ3) is 1.70. The van der Waals surface area contributed by atoms with Gasteiger partial charge in [-0.15, -0.1) is 0 Å². The van der Waals surface area contributed by atoms with Gasteiger partial charge in [-0.3, -0.25) is 15.2 Å². The molecule has 5 nitrogen and oxygen atoms in total. The Morgan fingerprint density at radius 1 is 1.41 bits per heavy atom. The van der Waals surface area contributed by atoms with Gasteiger partial charge in [0.15, 0.2) is 5.82 Å². The van der Waals surface area contributed by atoms with E-state index in [1.807, 2.05) is 11.0 Å². The molecule has 1 aromatic rings. The summed E-state index contributed by atoms with van der Waals surface area (Å²) < 4.78 is 12.8. The summed E-state index contributed by atoms with van der Waals surface area (Å²) in [5.41, 5.74) is 1.08. The molecule has 1 saturated heterocycles. The Balaban J connectivity index is 1.93. The van der Waals surface area contributed by atoms with E-state index in [2.05, 4.69) is 27.2 Å². The molecule has 3 heterocycles. The highest BCUT2D eigenvalue weighted by Crippen LogP contribution is 2.25. The number of aliphatic imine (C=N–C) groups is 1. The molecule has 0 saturated carbocycles. The number of allylic oxidation sites excluding steroid dienone is 1. The fraction of sp³-hybridized carbons (Fsp3) is 0.364. The summed E-state index contributed by atoms with van der Waals surface area (Å²) in [7, 11) is 0. The minimum Gasteiger partial charge on any atom is -0.299 e. The maximum atomic E-state index is 12.8. The first-order chi connectivity index (χ1) is 8.25. The fourth-order valence-corrected chi connectivity index (χ4v) is 2.14. The average molecular weight is 233 g/mol. The Labute approximate surface area is 98.1 Å². The number of nitrogens with one attached hydrogen (secondary N) is 1. The maximum Gasteiger partial charge on any atom is 0.230 e. The van der Waals surface area contributed by atoms with Gasteiger partial charge in [-0.05, 0) is 13.0 Å². The number of halogens is 1. The van der Waals surface area contributed by atoms with Crippen LogP contribution in [-0.2, 0) is 0 Å². The zero-order valence-corrected chi connectivity index (χ0v) is 9.34. The van der Waals surface area contributed by atoms with Crippen LogP contribution in [0.15, 0.2) is 29.2 Å². The molecule has 0 bridgehead atoms. The van der Waals surface area contributed by atoms with Gasteiger partial charge >= 0.3 is 0 Å². The largest absolute Gasteiger partial charge is 0.299 e. The van der Waals surface area contributed by atoms with Gasteiger partial charge in [-0.25, -0.2) is 14.4 Å². The van der Waals surface area contributed by atoms with Gasteiger partial charge in [0.05, 0.1) is 31.1 Å². The predicted molar refractivity (Wildman–Crippen MR) is 62.3 cm³/mol. The first-order valence-corrected chi connectivity index (χ1v) is 5.47. The first-order valence-electron chi connectivity index (χ1n) is 5.47. The van der Waals surface area contributed by atoms with E-state index < -0.39 is 5.82 Å². The molecule has 0 spiro atoms. The summed E-state index contributed by atoms with van der Waals surface area (Å²) >= 11 is 0. The van der Waals surface area contributed by atoms with E-state index in [0.717, 1.165) is 5.70 Å². The number of dihydropyridines is 1. The Morgan fingerprint density at radius 3 is 2.94 bits per heavy atom. The Hall–Kier alpha value is -1.82. The lowest BCUT2D eigenvalue weighted by Crippen LogP contribution is -2.34. The van der Waals surface area contributed by atoms with Crippen LogP contribution < -0.4 is 10.2 Å². The maximum absolute atomic E-state index is 12.8. The molecule has 3 rings (SSSR count). The van der Waals surface area contributed by atoms with Crippen LogP contribution in [0.4, 0.5) is 10.3 Å². The van der Waals surface area contributed by atoms with Gasteiger partial charge in [0, 0.05) is 11.9 Å². The molecule has 88 valence electrons. The molecule has 2 aliphatic rings. The molecule has 2 unspecified atom stereocenters. The molecule has 1 aromatic heterocycles. The second-order valence-corrected chi connectivity index (χ2v) is 4.10. The van der Waals surface area contributed by atoms with Gasteiger partial charge in [-0.1, -0.05) is 0 Å². The zero-order chi connectivity index (χ0) is 11.8. The minimum absolute atomic E-state index is 0.189. The zero-order valence-electron chi connectivity index (χ0n) is 9.34. The highest BCUT2D eigenvalue weighted by molar-refractivity contribution is 5.76. The Bertz CT molecular complexity index is 481. The van der Waals surface area contributed by atoms with Crippen molar-refractivity contribution in [1.82, 2.24) is 15.3 Å². The lowest BCUT2D eigenvalue weighted by atomic mass is 10.1. The quantitative estimate of drug-likeness (QED) is 0.776. The van der Waals surface area contributed by atoms with Crippen molar-refractivity contribution in [3.05, 3.63) is 30.0 Å². The standard InChI is InChI=1S/C11H12FN5/c1-7-10-9(2-3-13-7)17(6-16-10)11-14-4-8(12)5-15-11/h2-5,7,10,16H,6H2,1H3. The van der Waals surface area contributed by atoms with E-state index in [9.17, 15) is 4.39 Å². The normalized spacial score (nSPS) is 26.9. The van der Waals surface area contributed by atoms with Gasteiger partial charge in [0.2, 0.25) is 5.95 Å². The summed E-state index contributed by atoms with van der Waals surface area (Å²) in [6, 6.07) is 0.383. The first kappa shape index (κ1) is 10.3. The highest BCUT2D eigenvalue weighted by Gasteiger charge is 2.34. The van der Waals surface area contributed by atoms with E-state index in [1.165, 1.54) is 12.4 Å². The second-order valence-electron chi connectivity index (χ2n) is 4.10. The molecule has 0 aromatic carbocycles. The summed E-state index contributed by atoms with van der Waals surface area (Å²) in [6.45, 7) is 2.67. The smallest absolute Gasteiger partial charge is 0.230 e. The number of anilines is 1. The van der Waals surface area contributed by atoms with Crippen molar-refractivity contribution >= 4 is 12.2 Å².